The molecule has 0 atom stereocenters. The lowest BCUT2D eigenvalue weighted by atomic mass is 9.96. The summed E-state index contributed by atoms with van der Waals surface area (Å²) >= 11 is 0. The Balaban J connectivity index is 2.04. The molecule has 1 saturated heterocycles. The third-order valence-corrected chi connectivity index (χ3v) is 6.91. The highest BCUT2D eigenvalue weighted by molar-refractivity contribution is 7.89. The zero-order chi connectivity index (χ0) is 20.0. The molecule has 1 amide bonds. The maximum atomic E-state index is 12.9. The van der Waals surface area contributed by atoms with Crippen molar-refractivity contribution in [3.05, 3.63) is 55.1 Å². The van der Waals surface area contributed by atoms with E-state index in [0.29, 0.717) is 49.8 Å². The molecule has 0 bridgehead atoms. The number of hydrogen-bond donors (Lipinski definition) is 0. The van der Waals surface area contributed by atoms with E-state index in [1.165, 1.54) is 4.31 Å². The van der Waals surface area contributed by atoms with Crippen molar-refractivity contribution in [1.29, 1.82) is 0 Å². The van der Waals surface area contributed by atoms with Gasteiger partial charge in [0.05, 0.1) is 4.90 Å². The van der Waals surface area contributed by atoms with E-state index in [0.717, 1.165) is 5.56 Å². The van der Waals surface area contributed by atoms with Gasteiger partial charge in [-0.05, 0) is 36.5 Å². The molecule has 0 spiro atoms. The Morgan fingerprint density at radius 3 is 2.11 bits per heavy atom. The molecule has 1 aromatic rings. The fraction of sp³-hybridized carbons (Fsp3) is 0.476. The van der Waals surface area contributed by atoms with Gasteiger partial charge in [-0.1, -0.05) is 38.1 Å². The van der Waals surface area contributed by atoms with Crippen LogP contribution in [0.1, 0.15) is 38.2 Å². The molecule has 1 heterocycles. The highest BCUT2D eigenvalue weighted by Gasteiger charge is 2.33. The summed E-state index contributed by atoms with van der Waals surface area (Å²) in [6.45, 7) is 13.2. The number of hydrogen-bond acceptors (Lipinski definition) is 3. The normalized spacial score (nSPS) is 16.3. The van der Waals surface area contributed by atoms with E-state index >= 15 is 0 Å². The fourth-order valence-electron chi connectivity index (χ4n) is 3.34. The van der Waals surface area contributed by atoms with Gasteiger partial charge in [0.1, 0.15) is 0 Å². The first-order chi connectivity index (χ1) is 12.8. The first-order valence-electron chi connectivity index (χ1n) is 9.42. The van der Waals surface area contributed by atoms with Crippen LogP contribution in [0.4, 0.5) is 0 Å². The summed E-state index contributed by atoms with van der Waals surface area (Å²) in [5, 5.41) is 0. The number of carbonyl (C=O) groups excluding carboxylic acids is 1. The predicted octanol–water partition coefficient (Wildman–Crippen LogP) is 3.41. The third-order valence-electron chi connectivity index (χ3n) is 5.00. The van der Waals surface area contributed by atoms with Gasteiger partial charge < -0.3 is 4.90 Å². The average Bonchev–Trinajstić information content (AvgIpc) is 2.67. The third kappa shape index (κ3) is 5.08. The Kier molecular flexibility index (Phi) is 7.39. The maximum absolute atomic E-state index is 12.9. The molecule has 1 aromatic carbocycles. The molecular weight excluding hydrogens is 360 g/mol. The molecule has 2 rings (SSSR count). The molecule has 5 nitrogen and oxygen atoms in total. The van der Waals surface area contributed by atoms with Gasteiger partial charge in [-0.2, -0.15) is 4.31 Å². The number of amides is 1. The van der Waals surface area contributed by atoms with Gasteiger partial charge in [0.2, 0.25) is 15.9 Å². The second-order valence-corrected chi connectivity index (χ2v) is 9.16. The summed E-state index contributed by atoms with van der Waals surface area (Å²) in [5.74, 6) is 0.255. The second kappa shape index (κ2) is 9.33. The quantitative estimate of drug-likeness (QED) is 0.639. The van der Waals surface area contributed by atoms with Crippen LogP contribution in [0, 0.1) is 5.92 Å². The number of nitrogens with zero attached hydrogens (tertiary/aromatic N) is 2. The number of piperidine rings is 1. The van der Waals surface area contributed by atoms with Crippen LogP contribution in [0.3, 0.4) is 0 Å². The van der Waals surface area contributed by atoms with Crippen molar-refractivity contribution in [3.63, 3.8) is 0 Å². The van der Waals surface area contributed by atoms with E-state index in [-0.39, 0.29) is 11.8 Å². The lowest BCUT2D eigenvalue weighted by Gasteiger charge is -2.33. The van der Waals surface area contributed by atoms with Gasteiger partial charge in [-0.3, -0.25) is 4.79 Å². The summed E-state index contributed by atoms with van der Waals surface area (Å²) in [7, 11) is -3.52. The number of benzene rings is 1. The topological polar surface area (TPSA) is 57.7 Å². The Labute approximate surface area is 163 Å². The van der Waals surface area contributed by atoms with E-state index in [4.69, 9.17) is 0 Å². The largest absolute Gasteiger partial charge is 0.335 e. The molecule has 0 radical (unpaired) electrons. The summed E-state index contributed by atoms with van der Waals surface area (Å²) in [6, 6.07) is 7.10. The minimum absolute atomic E-state index is 0.0492. The predicted molar refractivity (Wildman–Crippen MR) is 109 cm³/mol. The van der Waals surface area contributed by atoms with Crippen molar-refractivity contribution in [1.82, 2.24) is 9.21 Å². The molecule has 1 aliphatic rings. The highest BCUT2D eigenvalue weighted by atomic mass is 32.2. The summed E-state index contributed by atoms with van der Waals surface area (Å²) in [6.07, 6.45) is 4.46. The van der Waals surface area contributed by atoms with E-state index in [1.54, 1.807) is 29.2 Å². The van der Waals surface area contributed by atoms with Crippen molar-refractivity contribution < 1.29 is 13.2 Å². The van der Waals surface area contributed by atoms with Crippen molar-refractivity contribution >= 4 is 15.9 Å². The van der Waals surface area contributed by atoms with Crippen molar-refractivity contribution in [2.75, 3.05) is 26.2 Å². The monoisotopic (exact) mass is 390 g/mol. The number of sulfonamides is 1. The number of rotatable bonds is 8. The molecule has 0 N–H and O–H groups in total. The lowest BCUT2D eigenvalue weighted by molar-refractivity contribution is -0.135. The van der Waals surface area contributed by atoms with E-state index in [2.05, 4.69) is 27.0 Å². The van der Waals surface area contributed by atoms with Crippen LogP contribution >= 0.6 is 0 Å². The summed E-state index contributed by atoms with van der Waals surface area (Å²) in [5.41, 5.74) is 1.11. The van der Waals surface area contributed by atoms with Gasteiger partial charge in [0.15, 0.2) is 0 Å². The Bertz CT molecular complexity index is 751. The fourth-order valence-corrected chi connectivity index (χ4v) is 4.81. The van der Waals surface area contributed by atoms with Gasteiger partial charge in [0, 0.05) is 32.1 Å². The molecule has 27 heavy (non-hydrogen) atoms. The van der Waals surface area contributed by atoms with E-state index < -0.39 is 10.0 Å². The minimum Gasteiger partial charge on any atom is -0.335 e. The molecule has 0 aromatic heterocycles. The Morgan fingerprint density at radius 1 is 1.15 bits per heavy atom. The number of carbonyl (C=O) groups is 1. The minimum atomic E-state index is -3.52. The van der Waals surface area contributed by atoms with E-state index in [9.17, 15) is 13.2 Å². The second-order valence-electron chi connectivity index (χ2n) is 7.22. The lowest BCUT2D eigenvalue weighted by Crippen LogP contribution is -2.44. The van der Waals surface area contributed by atoms with Crippen LogP contribution in [0.2, 0.25) is 0 Å². The van der Waals surface area contributed by atoms with Crippen LogP contribution < -0.4 is 0 Å². The maximum Gasteiger partial charge on any atom is 0.243 e. The standard InChI is InChI=1S/C21H30N2O3S/c1-5-13-22(14-6-2)21(24)19-11-15-23(16-12-19)27(25,26)20-9-7-18(8-10-20)17(3)4/h5-10,17,19H,1-2,11-16H2,3-4H3. The molecule has 0 aliphatic carbocycles. The first kappa shape index (κ1) is 21.4. The molecular formula is C21H30N2O3S. The zero-order valence-electron chi connectivity index (χ0n) is 16.3. The average molecular weight is 391 g/mol. The molecule has 148 valence electrons. The molecule has 1 aliphatic heterocycles. The smallest absolute Gasteiger partial charge is 0.243 e. The van der Waals surface area contributed by atoms with Crippen molar-refractivity contribution in [3.8, 4) is 0 Å². The molecule has 0 unspecified atom stereocenters. The van der Waals surface area contributed by atoms with Crippen molar-refractivity contribution in [2.24, 2.45) is 5.92 Å². The zero-order valence-corrected chi connectivity index (χ0v) is 17.1. The van der Waals surface area contributed by atoms with Crippen molar-refractivity contribution in [2.45, 2.75) is 37.5 Å². The summed E-state index contributed by atoms with van der Waals surface area (Å²) in [4.78, 5) is 14.7. The van der Waals surface area contributed by atoms with Gasteiger partial charge in [-0.25, -0.2) is 8.42 Å². The first-order valence-corrected chi connectivity index (χ1v) is 10.9. The highest BCUT2D eigenvalue weighted by Crippen LogP contribution is 2.26. The SMILES string of the molecule is C=CCN(CC=C)C(=O)C1CCN(S(=O)(=O)c2ccc(C(C)C)cc2)CC1. The summed E-state index contributed by atoms with van der Waals surface area (Å²) < 4.78 is 27.3. The van der Waals surface area contributed by atoms with Crippen LogP contribution in [0.5, 0.6) is 0 Å². The van der Waals surface area contributed by atoms with Gasteiger partial charge in [-0.15, -0.1) is 13.2 Å². The van der Waals surface area contributed by atoms with Crippen LogP contribution in [0.25, 0.3) is 0 Å². The molecule has 1 fully saturated rings. The van der Waals surface area contributed by atoms with Gasteiger partial charge in [0.25, 0.3) is 0 Å². The van der Waals surface area contributed by atoms with Crippen LogP contribution in [-0.2, 0) is 14.8 Å². The Morgan fingerprint density at radius 2 is 1.67 bits per heavy atom. The van der Waals surface area contributed by atoms with E-state index in [1.807, 2.05) is 12.1 Å². The molecule has 0 saturated carbocycles. The Hall–Kier alpha value is -1.92. The van der Waals surface area contributed by atoms with Crippen LogP contribution in [-0.4, -0.2) is 49.7 Å². The molecule has 6 heteroatoms. The van der Waals surface area contributed by atoms with Gasteiger partial charge >= 0.3 is 0 Å². The van der Waals surface area contributed by atoms with Crippen LogP contribution in [0.15, 0.2) is 54.5 Å².